The second-order valence-electron chi connectivity index (χ2n) is 3.25. The molecule has 2 rings (SSSR count). The number of rotatable bonds is 2. The minimum atomic E-state index is -0.352. The number of aromatic nitrogens is 1. The number of benzene rings is 1. The highest BCUT2D eigenvalue weighted by atomic mass is 16.5. The second kappa shape index (κ2) is 4.44. The molecule has 0 aliphatic carbocycles. The summed E-state index contributed by atoms with van der Waals surface area (Å²) in [4.78, 5) is 11.7. The van der Waals surface area contributed by atoms with Gasteiger partial charge in [0.25, 0.3) is 0 Å². The smallest absolute Gasteiger partial charge is 0.317 e. The molecule has 1 aromatic carbocycles. The average molecular weight is 215 g/mol. The topological polar surface area (TPSA) is 53.2 Å². The van der Waals surface area contributed by atoms with Gasteiger partial charge >= 0.3 is 11.6 Å². The quantitative estimate of drug-likeness (QED) is 0.588. The summed E-state index contributed by atoms with van der Waals surface area (Å²) in [6, 6.07) is 13.9. The van der Waals surface area contributed by atoms with Crippen molar-refractivity contribution >= 4 is 11.6 Å². The Balaban J connectivity index is 2.19. The summed E-state index contributed by atoms with van der Waals surface area (Å²) in [5.41, 5.74) is 0.878. The van der Waals surface area contributed by atoms with E-state index in [0.29, 0.717) is 5.69 Å². The minimum absolute atomic E-state index is 0.186. The predicted molar refractivity (Wildman–Crippen MR) is 58.2 cm³/mol. The largest absolute Gasteiger partial charge is 0.325 e. The highest BCUT2D eigenvalue weighted by Crippen LogP contribution is 2.06. The molecule has 2 N–H and O–H groups in total. The van der Waals surface area contributed by atoms with Gasteiger partial charge in [-0.2, -0.15) is 0 Å². The summed E-state index contributed by atoms with van der Waals surface area (Å²) < 4.78 is 0.790. The van der Waals surface area contributed by atoms with Crippen LogP contribution in [-0.4, -0.2) is 11.1 Å². The maximum Gasteiger partial charge on any atom is 0.325 e. The monoisotopic (exact) mass is 215 g/mol. The SMILES string of the molecule is O=C(Nc1ccccc1)c1cccc[n+]1O. The minimum Gasteiger partial charge on any atom is -0.317 e. The third-order valence-electron chi connectivity index (χ3n) is 2.10. The lowest BCUT2D eigenvalue weighted by atomic mass is 10.3. The van der Waals surface area contributed by atoms with Crippen LogP contribution < -0.4 is 10.0 Å². The van der Waals surface area contributed by atoms with Crippen molar-refractivity contribution in [2.45, 2.75) is 0 Å². The van der Waals surface area contributed by atoms with Crippen LogP contribution in [0, 0.1) is 0 Å². The average Bonchev–Trinajstić information content (AvgIpc) is 2.31. The summed E-state index contributed by atoms with van der Waals surface area (Å²) in [7, 11) is 0. The van der Waals surface area contributed by atoms with E-state index in [1.807, 2.05) is 18.2 Å². The van der Waals surface area contributed by atoms with Gasteiger partial charge in [0.1, 0.15) is 0 Å². The first-order valence-electron chi connectivity index (χ1n) is 4.84. The molecule has 0 saturated carbocycles. The molecule has 1 heterocycles. The fourth-order valence-electron chi connectivity index (χ4n) is 1.33. The van der Waals surface area contributed by atoms with Gasteiger partial charge in [-0.1, -0.05) is 18.2 Å². The molecule has 1 aromatic heterocycles. The predicted octanol–water partition coefficient (Wildman–Crippen LogP) is 1.46. The first kappa shape index (κ1) is 10.2. The Labute approximate surface area is 92.7 Å². The lowest BCUT2D eigenvalue weighted by Crippen LogP contribution is -2.38. The molecule has 0 radical (unpaired) electrons. The normalized spacial score (nSPS) is 9.75. The van der Waals surface area contributed by atoms with Crippen LogP contribution in [0.4, 0.5) is 5.69 Å². The van der Waals surface area contributed by atoms with Crippen LogP contribution in [0.2, 0.25) is 0 Å². The van der Waals surface area contributed by atoms with Gasteiger partial charge in [0.2, 0.25) is 6.20 Å². The van der Waals surface area contributed by atoms with Crippen molar-refractivity contribution in [3.05, 3.63) is 60.4 Å². The van der Waals surface area contributed by atoms with Crippen LogP contribution in [-0.2, 0) is 0 Å². The fourth-order valence-corrected chi connectivity index (χ4v) is 1.33. The third kappa shape index (κ3) is 2.17. The summed E-state index contributed by atoms with van der Waals surface area (Å²) in [5, 5.41) is 12.1. The number of anilines is 1. The van der Waals surface area contributed by atoms with E-state index in [1.165, 1.54) is 12.3 Å². The Hall–Kier alpha value is -2.36. The number of nitrogens with zero attached hydrogens (tertiary/aromatic N) is 1. The molecule has 0 saturated heterocycles. The number of para-hydroxylation sites is 1. The van der Waals surface area contributed by atoms with E-state index >= 15 is 0 Å². The van der Waals surface area contributed by atoms with E-state index in [0.717, 1.165) is 4.73 Å². The molecule has 4 heteroatoms. The Kier molecular flexibility index (Phi) is 2.82. The number of carbonyl (C=O) groups excluding carboxylic acids is 1. The summed E-state index contributed by atoms with van der Waals surface area (Å²) >= 11 is 0. The van der Waals surface area contributed by atoms with Gasteiger partial charge in [-0.15, -0.1) is 0 Å². The summed E-state index contributed by atoms with van der Waals surface area (Å²) in [6.45, 7) is 0. The molecular weight excluding hydrogens is 204 g/mol. The van der Waals surface area contributed by atoms with Crippen molar-refractivity contribution in [3.63, 3.8) is 0 Å². The van der Waals surface area contributed by atoms with Crippen LogP contribution in [0.25, 0.3) is 0 Å². The Morgan fingerprint density at radius 2 is 1.75 bits per heavy atom. The van der Waals surface area contributed by atoms with Crippen molar-refractivity contribution in [2.75, 3.05) is 5.32 Å². The molecule has 0 fully saturated rings. The highest BCUT2D eigenvalue weighted by Gasteiger charge is 2.18. The van der Waals surface area contributed by atoms with Crippen LogP contribution in [0.15, 0.2) is 54.7 Å². The van der Waals surface area contributed by atoms with E-state index < -0.39 is 0 Å². The molecule has 0 aliphatic rings. The number of hydrogen-bond donors (Lipinski definition) is 2. The van der Waals surface area contributed by atoms with Crippen molar-refractivity contribution in [2.24, 2.45) is 0 Å². The Morgan fingerprint density at radius 3 is 2.44 bits per heavy atom. The molecule has 0 spiro atoms. The van der Waals surface area contributed by atoms with Gasteiger partial charge in [-0.3, -0.25) is 10.0 Å². The van der Waals surface area contributed by atoms with Crippen LogP contribution in [0.3, 0.4) is 0 Å². The van der Waals surface area contributed by atoms with Crippen molar-refractivity contribution in [1.29, 1.82) is 0 Å². The fraction of sp³-hybridized carbons (Fsp3) is 0. The van der Waals surface area contributed by atoms with Crippen LogP contribution >= 0.6 is 0 Å². The number of amides is 1. The third-order valence-corrected chi connectivity index (χ3v) is 2.10. The van der Waals surface area contributed by atoms with Gasteiger partial charge < -0.3 is 5.32 Å². The van der Waals surface area contributed by atoms with E-state index in [2.05, 4.69) is 5.32 Å². The first-order valence-corrected chi connectivity index (χ1v) is 4.84. The molecule has 0 unspecified atom stereocenters. The second-order valence-corrected chi connectivity index (χ2v) is 3.25. The van der Waals surface area contributed by atoms with Gasteiger partial charge in [-0.25, -0.2) is 0 Å². The van der Waals surface area contributed by atoms with Crippen LogP contribution in [0.1, 0.15) is 10.5 Å². The maximum absolute atomic E-state index is 11.7. The van der Waals surface area contributed by atoms with E-state index in [1.54, 1.807) is 24.3 Å². The molecule has 2 aromatic rings. The molecule has 1 amide bonds. The van der Waals surface area contributed by atoms with Crippen molar-refractivity contribution < 1.29 is 14.7 Å². The molecular formula is C12H11N2O2+. The molecule has 0 atom stereocenters. The zero-order chi connectivity index (χ0) is 11.4. The Bertz CT molecular complexity index is 497. The van der Waals surface area contributed by atoms with Gasteiger partial charge in [0.05, 0.1) is 0 Å². The zero-order valence-electron chi connectivity index (χ0n) is 8.50. The lowest BCUT2D eigenvalue weighted by Gasteiger charge is -2.01. The summed E-state index contributed by atoms with van der Waals surface area (Å²) in [5.74, 6) is -0.352. The van der Waals surface area contributed by atoms with E-state index in [-0.39, 0.29) is 11.6 Å². The van der Waals surface area contributed by atoms with Gasteiger partial charge in [0.15, 0.2) is 0 Å². The maximum atomic E-state index is 11.7. The van der Waals surface area contributed by atoms with Crippen LogP contribution in [0.5, 0.6) is 0 Å². The zero-order valence-corrected chi connectivity index (χ0v) is 8.50. The molecule has 16 heavy (non-hydrogen) atoms. The number of carbonyl (C=O) groups is 1. The van der Waals surface area contributed by atoms with Crippen molar-refractivity contribution in [3.8, 4) is 0 Å². The molecule has 80 valence electrons. The standard InChI is InChI=1S/C12H10N2O2/c15-12(11-8-4-5-9-14(11)16)13-10-6-2-1-3-7-10/h1-9H,(H-,13,15,16)/p+1. The Morgan fingerprint density at radius 1 is 1.06 bits per heavy atom. The summed E-state index contributed by atoms with van der Waals surface area (Å²) in [6.07, 6.45) is 1.40. The molecule has 0 aliphatic heterocycles. The van der Waals surface area contributed by atoms with Gasteiger partial charge in [0, 0.05) is 22.6 Å². The number of hydrogen-bond acceptors (Lipinski definition) is 2. The van der Waals surface area contributed by atoms with Gasteiger partial charge in [-0.05, 0) is 18.2 Å². The van der Waals surface area contributed by atoms with E-state index in [4.69, 9.17) is 0 Å². The molecule has 0 bridgehead atoms. The lowest BCUT2D eigenvalue weighted by molar-refractivity contribution is -0.905. The first-order chi connectivity index (χ1) is 7.77. The number of pyridine rings is 1. The highest BCUT2D eigenvalue weighted by molar-refractivity contribution is 6.01. The number of nitrogens with one attached hydrogen (secondary N) is 1. The van der Waals surface area contributed by atoms with E-state index in [9.17, 15) is 10.0 Å². The molecule has 4 nitrogen and oxygen atoms in total. The van der Waals surface area contributed by atoms with Crippen molar-refractivity contribution in [1.82, 2.24) is 0 Å².